The fourth-order valence-corrected chi connectivity index (χ4v) is 4.35. The number of hydrogen-bond donors (Lipinski definition) is 2. The maximum absolute atomic E-state index is 12.9. The van der Waals surface area contributed by atoms with Gasteiger partial charge >= 0.3 is 0 Å². The minimum absolute atomic E-state index is 0.207. The lowest BCUT2D eigenvalue weighted by molar-refractivity contribution is -0.114. The van der Waals surface area contributed by atoms with Crippen LogP contribution in [0.5, 0.6) is 0 Å². The van der Waals surface area contributed by atoms with E-state index in [1.54, 1.807) is 38.1 Å². The zero-order valence-electron chi connectivity index (χ0n) is 17.9. The molecule has 0 aliphatic rings. The second-order valence-electron chi connectivity index (χ2n) is 7.30. The Labute approximate surface area is 182 Å². The van der Waals surface area contributed by atoms with E-state index >= 15 is 0 Å². The molecule has 0 unspecified atom stereocenters. The molecule has 1 aromatic heterocycles. The molecule has 7 nitrogen and oxygen atoms in total. The molecule has 0 aliphatic carbocycles. The number of sulfonamides is 1. The summed E-state index contributed by atoms with van der Waals surface area (Å²) in [5.41, 5.74) is 4.31. The summed E-state index contributed by atoms with van der Waals surface area (Å²) >= 11 is 0. The molecule has 3 rings (SSSR count). The Morgan fingerprint density at radius 3 is 2.52 bits per heavy atom. The van der Waals surface area contributed by atoms with Crippen molar-refractivity contribution in [1.29, 1.82) is 0 Å². The van der Waals surface area contributed by atoms with Crippen LogP contribution in [0.2, 0.25) is 0 Å². The Bertz CT molecular complexity index is 1240. The summed E-state index contributed by atoms with van der Waals surface area (Å²) in [6, 6.07) is 12.8. The number of aryl methyl sites for hydroxylation is 3. The summed E-state index contributed by atoms with van der Waals surface area (Å²) in [4.78, 5) is 11.6. The van der Waals surface area contributed by atoms with Crippen molar-refractivity contribution in [1.82, 2.24) is 9.88 Å². The largest absolute Gasteiger partial charge is 0.354 e. The first-order valence-corrected chi connectivity index (χ1v) is 11.2. The van der Waals surface area contributed by atoms with Gasteiger partial charge in [0.1, 0.15) is 11.4 Å². The van der Waals surface area contributed by atoms with Gasteiger partial charge in [-0.05, 0) is 55.2 Å². The lowest BCUT2D eigenvalue weighted by atomic mass is 10.1. The number of aromatic nitrogens is 1. The van der Waals surface area contributed by atoms with Crippen LogP contribution >= 0.6 is 0 Å². The van der Waals surface area contributed by atoms with Crippen LogP contribution in [0.15, 0.2) is 51.9 Å². The molecule has 162 valence electrons. The van der Waals surface area contributed by atoms with Crippen LogP contribution in [0.4, 0.5) is 5.69 Å². The SMILES string of the molecule is CC(=O)Nc1c(C)noc1/C=C\c1ccc(C)c(S(=O)(=O)NCc2ccccc2C)c1. The minimum atomic E-state index is -3.71. The number of benzene rings is 2. The Balaban J connectivity index is 1.84. The average Bonchev–Trinajstić information content (AvgIpc) is 3.05. The standard InChI is InChI=1S/C23H25N3O4S/c1-15-7-5-6-8-20(15)14-24-31(28,29)22-13-19(10-9-16(22)2)11-12-21-23(25-18(4)27)17(3)26-30-21/h5-13,24H,14H2,1-4H3,(H,25,27)/b12-11-. The molecule has 0 spiro atoms. The highest BCUT2D eigenvalue weighted by atomic mass is 32.2. The molecule has 0 saturated heterocycles. The molecule has 1 amide bonds. The van der Waals surface area contributed by atoms with Gasteiger partial charge in [0.15, 0.2) is 5.76 Å². The van der Waals surface area contributed by atoms with Crippen molar-refractivity contribution in [3.05, 3.63) is 76.2 Å². The van der Waals surface area contributed by atoms with E-state index in [2.05, 4.69) is 15.2 Å². The van der Waals surface area contributed by atoms with Crippen LogP contribution in [0.3, 0.4) is 0 Å². The molecular weight excluding hydrogens is 414 g/mol. The highest BCUT2D eigenvalue weighted by Gasteiger charge is 2.17. The Morgan fingerprint density at radius 2 is 1.81 bits per heavy atom. The van der Waals surface area contributed by atoms with E-state index in [9.17, 15) is 13.2 Å². The minimum Gasteiger partial charge on any atom is -0.354 e. The van der Waals surface area contributed by atoms with E-state index in [0.29, 0.717) is 28.3 Å². The molecule has 31 heavy (non-hydrogen) atoms. The summed E-state index contributed by atoms with van der Waals surface area (Å²) in [6.45, 7) is 7.04. The molecule has 0 aliphatic heterocycles. The topological polar surface area (TPSA) is 101 Å². The summed E-state index contributed by atoms with van der Waals surface area (Å²) in [5, 5.41) is 6.55. The predicted octanol–water partition coefficient (Wildman–Crippen LogP) is 4.21. The third-order valence-electron chi connectivity index (χ3n) is 4.83. The van der Waals surface area contributed by atoms with E-state index in [0.717, 1.165) is 11.1 Å². The first-order valence-electron chi connectivity index (χ1n) is 9.74. The molecular formula is C23H25N3O4S. The summed E-state index contributed by atoms with van der Waals surface area (Å²) in [5.74, 6) is 0.153. The number of nitrogens with zero attached hydrogens (tertiary/aromatic N) is 1. The zero-order valence-corrected chi connectivity index (χ0v) is 18.7. The summed E-state index contributed by atoms with van der Waals surface area (Å²) in [7, 11) is -3.71. The summed E-state index contributed by atoms with van der Waals surface area (Å²) in [6.07, 6.45) is 3.36. The maximum Gasteiger partial charge on any atom is 0.241 e. The zero-order chi connectivity index (χ0) is 22.6. The molecule has 8 heteroatoms. The first-order chi connectivity index (χ1) is 14.7. The van der Waals surface area contributed by atoms with Gasteiger partial charge in [-0.3, -0.25) is 4.79 Å². The van der Waals surface area contributed by atoms with Gasteiger partial charge in [-0.25, -0.2) is 13.1 Å². The van der Waals surface area contributed by atoms with Crippen molar-refractivity contribution < 1.29 is 17.7 Å². The van der Waals surface area contributed by atoms with Crippen LogP contribution in [-0.2, 0) is 21.4 Å². The Kier molecular flexibility index (Phi) is 6.72. The fraction of sp³-hybridized carbons (Fsp3) is 0.217. The number of nitrogens with one attached hydrogen (secondary N) is 2. The van der Waals surface area contributed by atoms with Crippen LogP contribution < -0.4 is 10.0 Å². The number of hydrogen-bond acceptors (Lipinski definition) is 5. The first kappa shape index (κ1) is 22.5. The third kappa shape index (κ3) is 5.48. The van der Waals surface area contributed by atoms with Gasteiger partial charge in [0.05, 0.1) is 4.90 Å². The summed E-state index contributed by atoms with van der Waals surface area (Å²) < 4.78 is 33.8. The fourth-order valence-electron chi connectivity index (χ4n) is 3.07. The van der Waals surface area contributed by atoms with Crippen LogP contribution in [0.25, 0.3) is 12.2 Å². The average molecular weight is 440 g/mol. The van der Waals surface area contributed by atoms with Crippen molar-refractivity contribution in [3.8, 4) is 0 Å². The Morgan fingerprint density at radius 1 is 1.06 bits per heavy atom. The van der Waals surface area contributed by atoms with Crippen molar-refractivity contribution >= 4 is 33.8 Å². The third-order valence-corrected chi connectivity index (χ3v) is 6.38. The molecule has 2 aromatic carbocycles. The van der Waals surface area contributed by atoms with E-state index in [1.165, 1.54) is 6.92 Å². The van der Waals surface area contributed by atoms with Crippen molar-refractivity contribution in [2.24, 2.45) is 0 Å². The lowest BCUT2D eigenvalue weighted by Gasteiger charge is -2.11. The maximum atomic E-state index is 12.9. The molecule has 3 aromatic rings. The quantitative estimate of drug-likeness (QED) is 0.574. The number of rotatable bonds is 7. The van der Waals surface area contributed by atoms with E-state index in [4.69, 9.17) is 4.52 Å². The van der Waals surface area contributed by atoms with Crippen molar-refractivity contribution in [2.45, 2.75) is 39.1 Å². The second kappa shape index (κ2) is 9.28. The monoisotopic (exact) mass is 439 g/mol. The number of carbonyl (C=O) groups is 1. The van der Waals surface area contributed by atoms with Crippen LogP contribution in [0, 0.1) is 20.8 Å². The highest BCUT2D eigenvalue weighted by molar-refractivity contribution is 7.89. The molecule has 0 bridgehead atoms. The highest BCUT2D eigenvalue weighted by Crippen LogP contribution is 2.24. The molecule has 0 radical (unpaired) electrons. The van der Waals surface area contributed by atoms with Crippen molar-refractivity contribution in [3.63, 3.8) is 0 Å². The number of amides is 1. The molecule has 0 atom stereocenters. The van der Waals surface area contributed by atoms with Gasteiger partial charge in [-0.1, -0.05) is 47.6 Å². The second-order valence-corrected chi connectivity index (χ2v) is 9.03. The Hall–Kier alpha value is -3.23. The van der Waals surface area contributed by atoms with Crippen LogP contribution in [0.1, 0.15) is 40.6 Å². The smallest absolute Gasteiger partial charge is 0.241 e. The van der Waals surface area contributed by atoms with Gasteiger partial charge in [-0.2, -0.15) is 0 Å². The van der Waals surface area contributed by atoms with Gasteiger partial charge < -0.3 is 9.84 Å². The number of carbonyl (C=O) groups excluding carboxylic acids is 1. The molecule has 1 heterocycles. The van der Waals surface area contributed by atoms with Crippen LogP contribution in [-0.4, -0.2) is 19.5 Å². The van der Waals surface area contributed by atoms with E-state index < -0.39 is 10.0 Å². The molecule has 2 N–H and O–H groups in total. The predicted molar refractivity (Wildman–Crippen MR) is 121 cm³/mol. The van der Waals surface area contributed by atoms with E-state index in [-0.39, 0.29) is 17.3 Å². The lowest BCUT2D eigenvalue weighted by Crippen LogP contribution is -2.24. The molecule has 0 fully saturated rings. The van der Waals surface area contributed by atoms with Gasteiger partial charge in [0.2, 0.25) is 15.9 Å². The van der Waals surface area contributed by atoms with E-state index in [1.807, 2.05) is 37.3 Å². The van der Waals surface area contributed by atoms with Gasteiger partial charge in [-0.15, -0.1) is 0 Å². The van der Waals surface area contributed by atoms with Gasteiger partial charge in [0, 0.05) is 13.5 Å². The number of anilines is 1. The molecule has 0 saturated carbocycles. The normalized spacial score (nSPS) is 11.7. The van der Waals surface area contributed by atoms with Crippen molar-refractivity contribution in [2.75, 3.05) is 5.32 Å². The van der Waals surface area contributed by atoms with Gasteiger partial charge in [0.25, 0.3) is 0 Å².